The maximum absolute atomic E-state index is 4.44. The number of hydrogen-bond donors (Lipinski definition) is 1. The number of thiophene rings is 1. The fourth-order valence-electron chi connectivity index (χ4n) is 1.85. The number of halogens is 1. The van der Waals surface area contributed by atoms with Gasteiger partial charge in [-0.25, -0.2) is 0 Å². The van der Waals surface area contributed by atoms with Crippen molar-refractivity contribution >= 4 is 27.3 Å². The molecule has 0 saturated heterocycles. The highest BCUT2D eigenvalue weighted by molar-refractivity contribution is 9.10. The molecule has 0 bridgehead atoms. The van der Waals surface area contributed by atoms with Crippen LogP contribution in [0.15, 0.2) is 34.9 Å². The molecule has 0 amide bonds. The number of nitrogens with one attached hydrogen (secondary N) is 1. The lowest BCUT2D eigenvalue weighted by Gasteiger charge is -2.14. The molecule has 1 N–H and O–H groups in total. The minimum Gasteiger partial charge on any atom is -0.312 e. The van der Waals surface area contributed by atoms with Crippen LogP contribution >= 0.6 is 27.3 Å². The second-order valence-corrected chi connectivity index (χ2v) is 6.29. The van der Waals surface area contributed by atoms with Crippen molar-refractivity contribution in [2.75, 3.05) is 7.05 Å². The molecule has 4 heteroatoms. The maximum atomic E-state index is 4.44. The van der Waals surface area contributed by atoms with E-state index in [1.165, 1.54) is 9.75 Å². The first-order valence-electron chi connectivity index (χ1n) is 6.09. The molecule has 2 rings (SSSR count). The van der Waals surface area contributed by atoms with Crippen molar-refractivity contribution in [1.82, 2.24) is 10.3 Å². The summed E-state index contributed by atoms with van der Waals surface area (Å²) in [5, 5.41) is 3.38. The van der Waals surface area contributed by atoms with Gasteiger partial charge in [0.2, 0.25) is 0 Å². The molecule has 0 radical (unpaired) electrons. The third-order valence-corrected chi connectivity index (χ3v) is 4.74. The van der Waals surface area contributed by atoms with Crippen LogP contribution < -0.4 is 5.32 Å². The zero-order chi connectivity index (χ0) is 13.0. The molecule has 0 aliphatic rings. The Morgan fingerprint density at radius 1 is 1.33 bits per heavy atom. The van der Waals surface area contributed by atoms with Crippen molar-refractivity contribution in [2.45, 2.75) is 25.8 Å². The van der Waals surface area contributed by atoms with Crippen molar-refractivity contribution in [2.24, 2.45) is 0 Å². The van der Waals surface area contributed by atoms with Gasteiger partial charge in [0.1, 0.15) is 0 Å². The Labute approximate surface area is 121 Å². The van der Waals surface area contributed by atoms with Crippen LogP contribution in [0, 0.1) is 0 Å². The zero-order valence-electron chi connectivity index (χ0n) is 10.6. The molecule has 0 spiro atoms. The molecule has 2 heterocycles. The van der Waals surface area contributed by atoms with E-state index in [4.69, 9.17) is 0 Å². The van der Waals surface area contributed by atoms with Crippen LogP contribution in [0.2, 0.25) is 0 Å². The second-order valence-electron chi connectivity index (χ2n) is 4.17. The average Bonchev–Trinajstić information content (AvgIpc) is 2.87. The van der Waals surface area contributed by atoms with Gasteiger partial charge >= 0.3 is 0 Å². The SMILES string of the molecule is CCc1ccc(C(Cc2ccc(Br)cn2)NC)s1. The smallest absolute Gasteiger partial charge is 0.0468 e. The molecule has 2 nitrogen and oxygen atoms in total. The van der Waals surface area contributed by atoms with E-state index < -0.39 is 0 Å². The number of rotatable bonds is 5. The molecule has 0 aliphatic carbocycles. The summed E-state index contributed by atoms with van der Waals surface area (Å²) in [6.45, 7) is 2.19. The third-order valence-electron chi connectivity index (χ3n) is 2.92. The highest BCUT2D eigenvalue weighted by Gasteiger charge is 2.13. The maximum Gasteiger partial charge on any atom is 0.0468 e. The number of likely N-dealkylation sites (N-methyl/N-ethyl adjacent to an activating group) is 1. The van der Waals surface area contributed by atoms with Gasteiger partial charge in [0.15, 0.2) is 0 Å². The first-order valence-corrected chi connectivity index (χ1v) is 7.70. The van der Waals surface area contributed by atoms with Gasteiger partial charge in [0, 0.05) is 38.6 Å². The van der Waals surface area contributed by atoms with E-state index in [2.05, 4.69) is 51.4 Å². The second kappa shape index (κ2) is 6.45. The fourth-order valence-corrected chi connectivity index (χ4v) is 3.15. The van der Waals surface area contributed by atoms with E-state index in [-0.39, 0.29) is 0 Å². The number of aromatic nitrogens is 1. The number of hydrogen-bond acceptors (Lipinski definition) is 3. The monoisotopic (exact) mass is 324 g/mol. The Morgan fingerprint density at radius 2 is 2.17 bits per heavy atom. The molecular formula is C14H17BrN2S. The lowest BCUT2D eigenvalue weighted by atomic mass is 10.1. The van der Waals surface area contributed by atoms with Gasteiger partial charge < -0.3 is 5.32 Å². The van der Waals surface area contributed by atoms with E-state index in [1.807, 2.05) is 30.6 Å². The summed E-state index contributed by atoms with van der Waals surface area (Å²) < 4.78 is 1.02. The van der Waals surface area contributed by atoms with Crippen molar-refractivity contribution in [1.29, 1.82) is 0 Å². The molecule has 18 heavy (non-hydrogen) atoms. The standard InChI is InChI=1S/C14H17BrN2S/c1-3-12-6-7-14(18-12)13(16-2)8-11-5-4-10(15)9-17-11/h4-7,9,13,16H,3,8H2,1-2H3. The van der Waals surface area contributed by atoms with Crippen LogP contribution in [0.25, 0.3) is 0 Å². The van der Waals surface area contributed by atoms with Gasteiger partial charge in [-0.2, -0.15) is 0 Å². The largest absolute Gasteiger partial charge is 0.312 e. The van der Waals surface area contributed by atoms with Crippen LogP contribution in [0.3, 0.4) is 0 Å². The summed E-state index contributed by atoms with van der Waals surface area (Å²) >= 11 is 5.30. The third kappa shape index (κ3) is 3.40. The Balaban J connectivity index is 2.11. The average molecular weight is 325 g/mol. The minimum atomic E-state index is 0.351. The topological polar surface area (TPSA) is 24.9 Å². The summed E-state index contributed by atoms with van der Waals surface area (Å²) in [5.41, 5.74) is 1.11. The number of pyridine rings is 1. The van der Waals surface area contributed by atoms with Gasteiger partial charge in [-0.3, -0.25) is 4.98 Å². The Bertz CT molecular complexity index is 493. The zero-order valence-corrected chi connectivity index (χ0v) is 13.0. The van der Waals surface area contributed by atoms with Crippen LogP contribution in [-0.2, 0) is 12.8 Å². The van der Waals surface area contributed by atoms with Crippen LogP contribution in [0.5, 0.6) is 0 Å². The molecular weight excluding hydrogens is 308 g/mol. The Hall–Kier alpha value is -0.710. The summed E-state index contributed by atoms with van der Waals surface area (Å²) in [4.78, 5) is 7.26. The molecule has 0 saturated carbocycles. The van der Waals surface area contributed by atoms with Crippen molar-refractivity contribution < 1.29 is 0 Å². The number of aryl methyl sites for hydroxylation is 1. The van der Waals surface area contributed by atoms with E-state index in [1.54, 1.807) is 0 Å². The first-order chi connectivity index (χ1) is 8.72. The normalized spacial score (nSPS) is 12.6. The van der Waals surface area contributed by atoms with Gasteiger partial charge in [-0.1, -0.05) is 6.92 Å². The number of nitrogens with zero attached hydrogens (tertiary/aromatic N) is 1. The summed E-state index contributed by atoms with van der Waals surface area (Å²) in [6, 6.07) is 8.91. The van der Waals surface area contributed by atoms with E-state index in [9.17, 15) is 0 Å². The van der Waals surface area contributed by atoms with E-state index in [0.29, 0.717) is 6.04 Å². The minimum absolute atomic E-state index is 0.351. The van der Waals surface area contributed by atoms with Gasteiger partial charge in [0.25, 0.3) is 0 Å². The molecule has 1 atom stereocenters. The van der Waals surface area contributed by atoms with Crippen LogP contribution in [0.1, 0.15) is 28.4 Å². The lowest BCUT2D eigenvalue weighted by Crippen LogP contribution is -2.18. The van der Waals surface area contributed by atoms with Crippen molar-refractivity contribution in [3.05, 3.63) is 50.4 Å². The van der Waals surface area contributed by atoms with Gasteiger partial charge in [0.05, 0.1) is 0 Å². The lowest BCUT2D eigenvalue weighted by molar-refractivity contribution is 0.594. The predicted octanol–water partition coefficient (Wildman–Crippen LogP) is 3.97. The highest BCUT2D eigenvalue weighted by atomic mass is 79.9. The molecule has 0 fully saturated rings. The highest BCUT2D eigenvalue weighted by Crippen LogP contribution is 2.26. The van der Waals surface area contributed by atoms with Crippen LogP contribution in [0.4, 0.5) is 0 Å². The first kappa shape index (κ1) is 13.7. The molecule has 2 aromatic heterocycles. The van der Waals surface area contributed by atoms with E-state index >= 15 is 0 Å². The predicted molar refractivity (Wildman–Crippen MR) is 81.1 cm³/mol. The Kier molecular flexibility index (Phi) is 4.92. The molecule has 0 aromatic carbocycles. The quantitative estimate of drug-likeness (QED) is 0.900. The summed E-state index contributed by atoms with van der Waals surface area (Å²) in [7, 11) is 2.01. The molecule has 1 unspecified atom stereocenters. The van der Waals surface area contributed by atoms with Gasteiger partial charge in [-0.15, -0.1) is 11.3 Å². The van der Waals surface area contributed by atoms with E-state index in [0.717, 1.165) is 23.0 Å². The van der Waals surface area contributed by atoms with Crippen LogP contribution in [-0.4, -0.2) is 12.0 Å². The fraction of sp³-hybridized carbons (Fsp3) is 0.357. The molecule has 96 valence electrons. The van der Waals surface area contributed by atoms with Gasteiger partial charge in [-0.05, 0) is 53.7 Å². The Morgan fingerprint density at radius 3 is 2.72 bits per heavy atom. The van der Waals surface area contributed by atoms with Crippen molar-refractivity contribution in [3.63, 3.8) is 0 Å². The van der Waals surface area contributed by atoms with Crippen molar-refractivity contribution in [3.8, 4) is 0 Å². The molecule has 2 aromatic rings. The summed E-state index contributed by atoms with van der Waals surface area (Å²) in [6.07, 6.45) is 3.89. The molecule has 0 aliphatic heterocycles. The summed E-state index contributed by atoms with van der Waals surface area (Å²) in [5.74, 6) is 0.